The normalized spacial score (nSPS) is 20.3. The van der Waals surface area contributed by atoms with Crippen molar-refractivity contribution < 1.29 is 31.9 Å². The molecule has 3 atom stereocenters. The second kappa shape index (κ2) is 11.2. The van der Waals surface area contributed by atoms with Gasteiger partial charge in [0.25, 0.3) is 10.0 Å². The highest BCUT2D eigenvalue weighted by molar-refractivity contribution is 7.92. The Morgan fingerprint density at radius 1 is 1.11 bits per heavy atom. The highest BCUT2D eigenvalue weighted by atomic mass is 32.2. The smallest absolute Gasteiger partial charge is 0.344 e. The Morgan fingerprint density at radius 2 is 1.80 bits per heavy atom. The first-order valence-corrected chi connectivity index (χ1v) is 13.2. The molecule has 1 aliphatic rings. The molecule has 1 saturated carbocycles. The number of hydrogen-bond donors (Lipinski definition) is 1. The number of anilines is 1. The second-order valence-electron chi connectivity index (χ2n) is 9.48. The predicted octanol–water partition coefficient (Wildman–Crippen LogP) is 5.10. The first kappa shape index (κ1) is 26.7. The zero-order chi connectivity index (χ0) is 25.8. The topological polar surface area (TPSA) is 98.8 Å². The van der Waals surface area contributed by atoms with Crippen molar-refractivity contribution in [2.75, 3.05) is 11.3 Å². The van der Waals surface area contributed by atoms with E-state index in [2.05, 4.69) is 25.5 Å². The molecule has 35 heavy (non-hydrogen) atoms. The molecule has 1 aliphatic carbocycles. The van der Waals surface area contributed by atoms with Gasteiger partial charge >= 0.3 is 11.9 Å². The molecule has 0 aliphatic heterocycles. The van der Waals surface area contributed by atoms with Crippen molar-refractivity contribution in [3.63, 3.8) is 0 Å². The number of benzene rings is 2. The van der Waals surface area contributed by atoms with Crippen LogP contribution in [0.3, 0.4) is 0 Å². The van der Waals surface area contributed by atoms with Gasteiger partial charge < -0.3 is 9.47 Å². The van der Waals surface area contributed by atoms with Crippen LogP contribution < -0.4 is 4.72 Å². The fourth-order valence-electron chi connectivity index (χ4n) is 4.42. The van der Waals surface area contributed by atoms with Crippen LogP contribution in [0.15, 0.2) is 47.4 Å². The number of nitrogens with one attached hydrogen (secondary N) is 1. The largest absolute Gasteiger partial charge is 0.460 e. The highest BCUT2D eigenvalue weighted by Gasteiger charge is 2.33. The Kier molecular flexibility index (Phi) is 8.53. The van der Waals surface area contributed by atoms with E-state index in [0.29, 0.717) is 17.8 Å². The van der Waals surface area contributed by atoms with Crippen molar-refractivity contribution in [3.05, 3.63) is 59.4 Å². The fraction of sp³-hybridized carbons (Fsp3) is 0.462. The average Bonchev–Trinajstić information content (AvgIpc) is 2.79. The third-order valence-corrected chi connectivity index (χ3v) is 7.97. The van der Waals surface area contributed by atoms with Crippen LogP contribution in [0.2, 0.25) is 0 Å². The molecule has 7 nitrogen and oxygen atoms in total. The number of sulfonamides is 1. The number of ether oxygens (including phenoxy) is 2. The third-order valence-electron chi connectivity index (χ3n) is 6.45. The van der Waals surface area contributed by atoms with Crippen molar-refractivity contribution in [1.82, 2.24) is 0 Å². The lowest BCUT2D eigenvalue weighted by atomic mass is 9.75. The Balaban J connectivity index is 1.56. The lowest BCUT2D eigenvalue weighted by Gasteiger charge is -2.36. The Labute approximate surface area is 206 Å². The van der Waals surface area contributed by atoms with E-state index in [1.165, 1.54) is 49.4 Å². The van der Waals surface area contributed by atoms with Gasteiger partial charge in [0.05, 0.1) is 10.5 Å². The Morgan fingerprint density at radius 3 is 2.46 bits per heavy atom. The minimum Gasteiger partial charge on any atom is -0.460 e. The molecular weight excluding hydrogens is 473 g/mol. The number of esters is 2. The summed E-state index contributed by atoms with van der Waals surface area (Å²) in [7, 11) is -4.02. The van der Waals surface area contributed by atoms with E-state index in [9.17, 15) is 22.4 Å². The average molecular weight is 506 g/mol. The second-order valence-corrected chi connectivity index (χ2v) is 11.1. The number of halogens is 1. The van der Waals surface area contributed by atoms with Crippen LogP contribution in [-0.4, -0.2) is 33.1 Å². The molecule has 1 fully saturated rings. The molecule has 0 amide bonds. The molecule has 2 aromatic rings. The molecule has 0 saturated heterocycles. The summed E-state index contributed by atoms with van der Waals surface area (Å²) in [6.45, 7) is 7.25. The van der Waals surface area contributed by atoms with E-state index < -0.39 is 34.4 Å². The maximum Gasteiger partial charge on any atom is 0.344 e. The first-order valence-electron chi connectivity index (χ1n) is 11.7. The molecule has 3 rings (SSSR count). The summed E-state index contributed by atoms with van der Waals surface area (Å²) < 4.78 is 52.0. The minimum atomic E-state index is -4.02. The van der Waals surface area contributed by atoms with E-state index in [4.69, 9.17) is 9.47 Å². The molecule has 0 aromatic heterocycles. The standard InChI is InChI=1S/C26H32FNO6S/c1-16(2)21-13-8-17(3)14-23(21)34-25(29)15-33-26(30)19-9-11-20(12-10-19)28-35(31,32)24-7-5-6-22(27)18(24)4/h5-7,9-12,16-17,21,23,28H,8,13-15H2,1-4H3. The van der Waals surface area contributed by atoms with Gasteiger partial charge in [0.1, 0.15) is 11.9 Å². The van der Waals surface area contributed by atoms with Crippen molar-refractivity contribution in [1.29, 1.82) is 0 Å². The molecule has 0 radical (unpaired) electrons. The third kappa shape index (κ3) is 6.81. The monoisotopic (exact) mass is 505 g/mol. The number of hydrogen-bond acceptors (Lipinski definition) is 6. The SMILES string of the molecule is Cc1c(F)cccc1S(=O)(=O)Nc1ccc(C(=O)OCC(=O)OC2CC(C)CCC2C(C)C)cc1. The summed E-state index contributed by atoms with van der Waals surface area (Å²) in [6, 6.07) is 9.34. The lowest BCUT2D eigenvalue weighted by molar-refractivity contribution is -0.159. The van der Waals surface area contributed by atoms with E-state index >= 15 is 0 Å². The van der Waals surface area contributed by atoms with E-state index in [1.807, 2.05) is 0 Å². The summed E-state index contributed by atoms with van der Waals surface area (Å²) in [5.74, 6) is -0.775. The molecule has 0 spiro atoms. The summed E-state index contributed by atoms with van der Waals surface area (Å²) in [6.07, 6.45) is 2.74. The molecular formula is C26H32FNO6S. The van der Waals surface area contributed by atoms with Gasteiger partial charge in [0.2, 0.25) is 0 Å². The van der Waals surface area contributed by atoms with Gasteiger partial charge in [-0.3, -0.25) is 4.72 Å². The maximum atomic E-state index is 13.7. The van der Waals surface area contributed by atoms with Crippen molar-refractivity contribution >= 4 is 27.6 Å². The predicted molar refractivity (Wildman–Crippen MR) is 130 cm³/mol. The van der Waals surface area contributed by atoms with E-state index in [-0.39, 0.29) is 27.8 Å². The van der Waals surface area contributed by atoms with Gasteiger partial charge in [-0.2, -0.15) is 0 Å². The van der Waals surface area contributed by atoms with Gasteiger partial charge in [-0.05, 0) is 73.9 Å². The van der Waals surface area contributed by atoms with E-state index in [1.54, 1.807) is 0 Å². The first-order chi connectivity index (χ1) is 16.5. The fourth-order valence-corrected chi connectivity index (χ4v) is 5.74. The lowest BCUT2D eigenvalue weighted by Crippen LogP contribution is -2.36. The van der Waals surface area contributed by atoms with Crippen LogP contribution in [0.4, 0.5) is 10.1 Å². The Hall–Kier alpha value is -2.94. The number of rotatable bonds is 8. The summed E-state index contributed by atoms with van der Waals surface area (Å²) in [5, 5.41) is 0. The van der Waals surface area contributed by atoms with Crippen molar-refractivity contribution in [2.24, 2.45) is 17.8 Å². The summed E-state index contributed by atoms with van der Waals surface area (Å²) in [4.78, 5) is 24.5. The molecule has 0 heterocycles. The molecule has 9 heteroatoms. The van der Waals surface area contributed by atoms with Crippen LogP contribution >= 0.6 is 0 Å². The van der Waals surface area contributed by atoms with Crippen LogP contribution in [-0.2, 0) is 24.3 Å². The maximum absolute atomic E-state index is 13.7. The minimum absolute atomic E-state index is 0.00878. The van der Waals surface area contributed by atoms with Gasteiger partial charge in [-0.15, -0.1) is 0 Å². The van der Waals surface area contributed by atoms with Crippen molar-refractivity contribution in [3.8, 4) is 0 Å². The van der Waals surface area contributed by atoms with Gasteiger partial charge in [0, 0.05) is 11.3 Å². The number of carbonyl (C=O) groups is 2. The Bertz CT molecular complexity index is 1160. The van der Waals surface area contributed by atoms with Gasteiger partial charge in [-0.25, -0.2) is 22.4 Å². The molecule has 190 valence electrons. The zero-order valence-corrected chi connectivity index (χ0v) is 21.2. The van der Waals surface area contributed by atoms with Crippen LogP contribution in [0.1, 0.15) is 56.0 Å². The highest BCUT2D eigenvalue weighted by Crippen LogP contribution is 2.35. The molecule has 3 unspecified atom stereocenters. The zero-order valence-electron chi connectivity index (χ0n) is 20.4. The summed E-state index contributed by atoms with van der Waals surface area (Å²) >= 11 is 0. The van der Waals surface area contributed by atoms with Crippen LogP contribution in [0.5, 0.6) is 0 Å². The molecule has 2 aromatic carbocycles. The van der Waals surface area contributed by atoms with Gasteiger partial charge in [0.15, 0.2) is 6.61 Å². The number of carbonyl (C=O) groups excluding carboxylic acids is 2. The van der Waals surface area contributed by atoms with Gasteiger partial charge in [-0.1, -0.05) is 33.3 Å². The van der Waals surface area contributed by atoms with Crippen molar-refractivity contribution in [2.45, 2.75) is 58.0 Å². The summed E-state index contributed by atoms with van der Waals surface area (Å²) in [5.41, 5.74) is 0.347. The quantitative estimate of drug-likeness (QED) is 0.502. The molecule has 1 N–H and O–H groups in total. The van der Waals surface area contributed by atoms with Crippen LogP contribution in [0, 0.1) is 30.5 Å². The molecule has 0 bridgehead atoms. The van der Waals surface area contributed by atoms with Crippen LogP contribution in [0.25, 0.3) is 0 Å². The van der Waals surface area contributed by atoms with E-state index in [0.717, 1.165) is 19.3 Å².